The SMILES string of the molecule is C[C@H]1[C@@H](C(=O)O)N(S(=O)(=O)c2ccc(F)cc2)C[C@@H]1F. The van der Waals surface area contributed by atoms with Crippen molar-refractivity contribution in [2.24, 2.45) is 5.92 Å². The molecule has 0 aliphatic carbocycles. The third-order valence-corrected chi connectivity index (χ3v) is 5.27. The zero-order valence-corrected chi connectivity index (χ0v) is 11.3. The quantitative estimate of drug-likeness (QED) is 0.912. The van der Waals surface area contributed by atoms with Crippen LogP contribution in [0, 0.1) is 11.7 Å². The first-order chi connectivity index (χ1) is 9.25. The number of hydrogen-bond acceptors (Lipinski definition) is 3. The molecule has 110 valence electrons. The van der Waals surface area contributed by atoms with E-state index in [1.807, 2.05) is 0 Å². The lowest BCUT2D eigenvalue weighted by Gasteiger charge is -2.22. The molecule has 0 aromatic heterocycles. The molecule has 1 saturated heterocycles. The molecular formula is C12H13F2NO4S. The van der Waals surface area contributed by atoms with Gasteiger partial charge in [-0.05, 0) is 24.3 Å². The van der Waals surface area contributed by atoms with Crippen molar-refractivity contribution < 1.29 is 27.1 Å². The molecule has 0 spiro atoms. The molecule has 1 aromatic carbocycles. The molecule has 1 aliphatic heterocycles. The largest absolute Gasteiger partial charge is 0.480 e. The minimum atomic E-state index is -4.17. The first-order valence-corrected chi connectivity index (χ1v) is 7.33. The first-order valence-electron chi connectivity index (χ1n) is 5.89. The molecule has 5 nitrogen and oxygen atoms in total. The summed E-state index contributed by atoms with van der Waals surface area (Å²) in [6, 6.07) is 2.50. The minimum Gasteiger partial charge on any atom is -0.480 e. The number of aliphatic carboxylic acids is 1. The molecule has 0 unspecified atom stereocenters. The second kappa shape index (κ2) is 5.10. The van der Waals surface area contributed by atoms with Crippen LogP contribution in [0.1, 0.15) is 6.92 Å². The number of alkyl halides is 1. The van der Waals surface area contributed by atoms with Gasteiger partial charge in [0.25, 0.3) is 0 Å². The number of benzene rings is 1. The van der Waals surface area contributed by atoms with E-state index in [1.54, 1.807) is 0 Å². The van der Waals surface area contributed by atoms with E-state index in [-0.39, 0.29) is 4.90 Å². The summed E-state index contributed by atoms with van der Waals surface area (Å²) in [6.07, 6.45) is -1.55. The molecule has 20 heavy (non-hydrogen) atoms. The molecule has 1 heterocycles. The molecule has 1 aliphatic rings. The van der Waals surface area contributed by atoms with Crippen LogP contribution in [0.2, 0.25) is 0 Å². The lowest BCUT2D eigenvalue weighted by molar-refractivity contribution is -0.141. The number of halogens is 2. The van der Waals surface area contributed by atoms with Crippen LogP contribution in [0.4, 0.5) is 8.78 Å². The summed E-state index contributed by atoms with van der Waals surface area (Å²) < 4.78 is 51.8. The van der Waals surface area contributed by atoms with Crippen LogP contribution in [0.5, 0.6) is 0 Å². The number of sulfonamides is 1. The van der Waals surface area contributed by atoms with Gasteiger partial charge >= 0.3 is 5.97 Å². The van der Waals surface area contributed by atoms with Crippen LogP contribution >= 0.6 is 0 Å². The van der Waals surface area contributed by atoms with Gasteiger partial charge < -0.3 is 5.11 Å². The fourth-order valence-corrected chi connectivity index (χ4v) is 3.92. The topological polar surface area (TPSA) is 74.7 Å². The number of carboxylic acid groups (broad SMARTS) is 1. The third-order valence-electron chi connectivity index (χ3n) is 3.41. The highest BCUT2D eigenvalue weighted by atomic mass is 32.2. The Labute approximate surface area is 114 Å². The lowest BCUT2D eigenvalue weighted by Crippen LogP contribution is -2.42. The number of carbonyl (C=O) groups is 1. The second-order valence-corrected chi connectivity index (χ2v) is 6.58. The zero-order valence-electron chi connectivity index (χ0n) is 10.5. The zero-order chi connectivity index (χ0) is 15.1. The highest BCUT2D eigenvalue weighted by molar-refractivity contribution is 7.89. The van der Waals surface area contributed by atoms with E-state index in [9.17, 15) is 22.0 Å². The van der Waals surface area contributed by atoms with Crippen LogP contribution in [-0.4, -0.2) is 42.6 Å². The van der Waals surface area contributed by atoms with Crippen molar-refractivity contribution in [2.75, 3.05) is 6.54 Å². The van der Waals surface area contributed by atoms with Gasteiger partial charge in [-0.1, -0.05) is 6.92 Å². The molecule has 8 heteroatoms. The average Bonchev–Trinajstić information content (AvgIpc) is 2.67. The van der Waals surface area contributed by atoms with Crippen molar-refractivity contribution in [1.82, 2.24) is 4.31 Å². The summed E-state index contributed by atoms with van der Waals surface area (Å²) in [5.41, 5.74) is 0. The van der Waals surface area contributed by atoms with Gasteiger partial charge in [0, 0.05) is 12.5 Å². The molecule has 0 radical (unpaired) electrons. The molecule has 1 fully saturated rings. The summed E-state index contributed by atoms with van der Waals surface area (Å²) in [6.45, 7) is 0.835. The Morgan fingerprint density at radius 2 is 1.90 bits per heavy atom. The van der Waals surface area contributed by atoms with Gasteiger partial charge in [-0.15, -0.1) is 0 Å². The van der Waals surface area contributed by atoms with Gasteiger partial charge in [-0.2, -0.15) is 4.31 Å². The van der Waals surface area contributed by atoms with Gasteiger partial charge in [0.05, 0.1) is 4.90 Å². The standard InChI is InChI=1S/C12H13F2NO4S/c1-7-10(14)6-15(11(7)12(16)17)20(18,19)9-4-2-8(13)3-5-9/h2-5,7,10-11H,6H2,1H3,(H,16,17)/t7-,10+,11+/m1/s1. The molecule has 2 rings (SSSR count). The smallest absolute Gasteiger partial charge is 0.322 e. The van der Waals surface area contributed by atoms with Gasteiger partial charge in [-0.25, -0.2) is 17.2 Å². The van der Waals surface area contributed by atoms with Crippen molar-refractivity contribution in [3.8, 4) is 0 Å². The molecule has 3 atom stereocenters. The van der Waals surface area contributed by atoms with E-state index in [1.165, 1.54) is 6.92 Å². The summed E-state index contributed by atoms with van der Waals surface area (Å²) in [7, 11) is -4.17. The second-order valence-electron chi connectivity index (χ2n) is 4.69. The van der Waals surface area contributed by atoms with E-state index < -0.39 is 46.5 Å². The molecule has 0 saturated carbocycles. The maximum atomic E-state index is 13.7. The normalized spacial score (nSPS) is 27.6. The summed E-state index contributed by atoms with van der Waals surface area (Å²) in [4.78, 5) is 10.9. The van der Waals surface area contributed by atoms with Crippen molar-refractivity contribution in [2.45, 2.75) is 24.0 Å². The number of carboxylic acids is 1. The van der Waals surface area contributed by atoms with Gasteiger partial charge in [-0.3, -0.25) is 4.79 Å². The Bertz CT molecular complexity index is 617. The minimum absolute atomic E-state index is 0.258. The van der Waals surface area contributed by atoms with Crippen LogP contribution in [0.3, 0.4) is 0 Å². The summed E-state index contributed by atoms with van der Waals surface area (Å²) in [5.74, 6) is -2.96. The molecule has 0 bridgehead atoms. The number of nitrogens with zero attached hydrogens (tertiary/aromatic N) is 1. The van der Waals surface area contributed by atoms with Crippen LogP contribution in [0.15, 0.2) is 29.2 Å². The maximum absolute atomic E-state index is 13.7. The molecule has 1 aromatic rings. The molecule has 1 N–H and O–H groups in total. The molecular weight excluding hydrogens is 292 g/mol. The van der Waals surface area contributed by atoms with Crippen LogP contribution < -0.4 is 0 Å². The van der Waals surface area contributed by atoms with E-state index in [4.69, 9.17) is 5.11 Å². The highest BCUT2D eigenvalue weighted by Gasteiger charge is 2.49. The van der Waals surface area contributed by atoms with Gasteiger partial charge in [0.15, 0.2) is 0 Å². The Morgan fingerprint density at radius 3 is 2.40 bits per heavy atom. The predicted molar refractivity (Wildman–Crippen MR) is 65.8 cm³/mol. The number of hydrogen-bond donors (Lipinski definition) is 1. The van der Waals surface area contributed by atoms with Gasteiger partial charge in [0.2, 0.25) is 10.0 Å². The molecule has 0 amide bonds. The maximum Gasteiger partial charge on any atom is 0.322 e. The Kier molecular flexibility index (Phi) is 3.79. The highest BCUT2D eigenvalue weighted by Crippen LogP contribution is 2.32. The average molecular weight is 305 g/mol. The first kappa shape index (κ1) is 14.9. The van der Waals surface area contributed by atoms with Crippen molar-refractivity contribution in [1.29, 1.82) is 0 Å². The Morgan fingerprint density at radius 1 is 1.35 bits per heavy atom. The Hall–Kier alpha value is -1.54. The number of rotatable bonds is 3. The lowest BCUT2D eigenvalue weighted by atomic mass is 10.0. The summed E-state index contributed by atoms with van der Waals surface area (Å²) >= 11 is 0. The van der Waals surface area contributed by atoms with Crippen LogP contribution in [0.25, 0.3) is 0 Å². The van der Waals surface area contributed by atoms with Crippen molar-refractivity contribution >= 4 is 16.0 Å². The van der Waals surface area contributed by atoms with Gasteiger partial charge in [0.1, 0.15) is 18.0 Å². The Balaban J connectivity index is 2.43. The van der Waals surface area contributed by atoms with Crippen LogP contribution in [-0.2, 0) is 14.8 Å². The van der Waals surface area contributed by atoms with E-state index >= 15 is 0 Å². The fraction of sp³-hybridized carbons (Fsp3) is 0.417. The fourth-order valence-electron chi connectivity index (χ4n) is 2.25. The van der Waals surface area contributed by atoms with E-state index in [2.05, 4.69) is 0 Å². The third kappa shape index (κ3) is 2.40. The van der Waals surface area contributed by atoms with E-state index in [0.717, 1.165) is 24.3 Å². The predicted octanol–water partition coefficient (Wildman–Crippen LogP) is 1.26. The van der Waals surface area contributed by atoms with Crippen molar-refractivity contribution in [3.63, 3.8) is 0 Å². The van der Waals surface area contributed by atoms with E-state index in [0.29, 0.717) is 4.31 Å². The van der Waals surface area contributed by atoms with Crippen molar-refractivity contribution in [3.05, 3.63) is 30.1 Å². The summed E-state index contributed by atoms with van der Waals surface area (Å²) in [5, 5.41) is 9.09. The monoisotopic (exact) mass is 305 g/mol.